The molecule has 0 saturated heterocycles. The molecule has 1 rings (SSSR count). The number of halogens is 1. The fraction of sp³-hybridized carbons (Fsp3) is 0.333. The van der Waals surface area contributed by atoms with Gasteiger partial charge < -0.3 is 0 Å². The number of nitro benzene ring substituents is 1. The number of nitrogens with zero attached hydrogens (tertiary/aromatic N) is 1. The fourth-order valence-electron chi connectivity index (χ4n) is 1.40. The van der Waals surface area contributed by atoms with Gasteiger partial charge in [-0.3, -0.25) is 15.4 Å². The third-order valence-corrected chi connectivity index (χ3v) is 2.40. The highest BCUT2D eigenvalue weighted by Gasteiger charge is 2.17. The number of nitro groups is 1. The molecule has 90 valence electrons. The van der Waals surface area contributed by atoms with Gasteiger partial charge in [-0.1, -0.05) is 25.0 Å². The molecule has 1 atom stereocenters. The van der Waals surface area contributed by atoms with Gasteiger partial charge >= 0.3 is 5.69 Å². The molecule has 0 aliphatic rings. The SMILES string of the molecule is C#CC(CC)NCc1cccc([N+](=O)[O-])c1F. The Morgan fingerprint density at radius 3 is 2.88 bits per heavy atom. The quantitative estimate of drug-likeness (QED) is 0.484. The Morgan fingerprint density at radius 1 is 1.65 bits per heavy atom. The van der Waals surface area contributed by atoms with Crippen LogP contribution in [0.2, 0.25) is 0 Å². The van der Waals surface area contributed by atoms with Crippen LogP contribution in [0.25, 0.3) is 0 Å². The second-order valence-electron chi connectivity index (χ2n) is 3.52. The van der Waals surface area contributed by atoms with Gasteiger partial charge in [0.25, 0.3) is 0 Å². The number of nitrogens with one attached hydrogen (secondary N) is 1. The Labute approximate surface area is 99.0 Å². The van der Waals surface area contributed by atoms with Crippen molar-refractivity contribution in [3.05, 3.63) is 39.7 Å². The van der Waals surface area contributed by atoms with Crippen molar-refractivity contribution in [3.63, 3.8) is 0 Å². The smallest absolute Gasteiger partial charge is 0.299 e. The van der Waals surface area contributed by atoms with E-state index in [0.717, 1.165) is 6.07 Å². The van der Waals surface area contributed by atoms with Gasteiger partial charge in [-0.15, -0.1) is 6.42 Å². The number of hydrogen-bond acceptors (Lipinski definition) is 3. The minimum Gasteiger partial charge on any atom is -0.299 e. The predicted octanol–water partition coefficient (Wildman–Crippen LogP) is 2.24. The Balaban J connectivity index is 2.82. The van der Waals surface area contributed by atoms with Crippen molar-refractivity contribution >= 4 is 5.69 Å². The molecule has 5 heteroatoms. The van der Waals surface area contributed by atoms with Gasteiger partial charge in [-0.05, 0) is 6.42 Å². The topological polar surface area (TPSA) is 55.2 Å². The number of benzene rings is 1. The van der Waals surface area contributed by atoms with Gasteiger partial charge in [0.2, 0.25) is 5.82 Å². The van der Waals surface area contributed by atoms with E-state index in [1.807, 2.05) is 6.92 Å². The molecule has 0 aromatic heterocycles. The number of terminal acetylenes is 1. The lowest BCUT2D eigenvalue weighted by atomic mass is 10.1. The molecule has 1 aromatic carbocycles. The normalized spacial score (nSPS) is 11.8. The van der Waals surface area contributed by atoms with E-state index in [1.54, 1.807) is 0 Å². The van der Waals surface area contributed by atoms with Crippen molar-refractivity contribution < 1.29 is 9.31 Å². The zero-order valence-corrected chi connectivity index (χ0v) is 9.44. The summed E-state index contributed by atoms with van der Waals surface area (Å²) in [7, 11) is 0. The van der Waals surface area contributed by atoms with Crippen molar-refractivity contribution in [1.82, 2.24) is 5.32 Å². The summed E-state index contributed by atoms with van der Waals surface area (Å²) in [4.78, 5) is 9.80. The summed E-state index contributed by atoms with van der Waals surface area (Å²) in [5.41, 5.74) is -0.272. The van der Waals surface area contributed by atoms with Gasteiger partial charge in [0.1, 0.15) is 0 Å². The maximum Gasteiger partial charge on any atom is 0.305 e. The average molecular weight is 236 g/mol. The van der Waals surface area contributed by atoms with Crippen LogP contribution in [0.5, 0.6) is 0 Å². The zero-order chi connectivity index (χ0) is 12.8. The van der Waals surface area contributed by atoms with Crippen LogP contribution in [0.1, 0.15) is 18.9 Å². The third-order valence-electron chi connectivity index (χ3n) is 2.40. The minimum absolute atomic E-state index is 0.159. The molecule has 0 bridgehead atoms. The number of hydrogen-bond donors (Lipinski definition) is 1. The van der Waals surface area contributed by atoms with Gasteiger partial charge in [-0.2, -0.15) is 4.39 Å². The first kappa shape index (κ1) is 13.1. The molecule has 1 N–H and O–H groups in total. The lowest BCUT2D eigenvalue weighted by Crippen LogP contribution is -2.26. The van der Waals surface area contributed by atoms with Crippen LogP contribution < -0.4 is 5.32 Å². The van der Waals surface area contributed by atoms with Gasteiger partial charge in [-0.25, -0.2) is 0 Å². The van der Waals surface area contributed by atoms with Crippen molar-refractivity contribution in [1.29, 1.82) is 0 Å². The van der Waals surface area contributed by atoms with Crippen LogP contribution in [0, 0.1) is 28.3 Å². The van der Waals surface area contributed by atoms with Crippen molar-refractivity contribution in [2.45, 2.75) is 25.9 Å². The molecule has 0 aliphatic heterocycles. The molecular weight excluding hydrogens is 223 g/mol. The average Bonchev–Trinajstić information content (AvgIpc) is 2.32. The van der Waals surface area contributed by atoms with E-state index in [1.165, 1.54) is 12.1 Å². The van der Waals surface area contributed by atoms with Gasteiger partial charge in [0, 0.05) is 18.2 Å². The molecule has 0 aliphatic carbocycles. The second kappa shape index (κ2) is 5.97. The summed E-state index contributed by atoms with van der Waals surface area (Å²) in [5, 5.41) is 13.5. The van der Waals surface area contributed by atoms with Crippen LogP contribution in [-0.4, -0.2) is 11.0 Å². The molecule has 0 amide bonds. The first-order chi connectivity index (χ1) is 8.10. The third kappa shape index (κ3) is 3.26. The molecule has 1 aromatic rings. The lowest BCUT2D eigenvalue weighted by Gasteiger charge is -2.10. The molecule has 0 fully saturated rings. The maximum absolute atomic E-state index is 13.6. The fourth-order valence-corrected chi connectivity index (χ4v) is 1.40. The molecule has 1 unspecified atom stereocenters. The van der Waals surface area contributed by atoms with E-state index in [4.69, 9.17) is 6.42 Å². The van der Waals surface area contributed by atoms with Crippen LogP contribution in [0.15, 0.2) is 18.2 Å². The Kier molecular flexibility index (Phi) is 4.61. The van der Waals surface area contributed by atoms with E-state index in [9.17, 15) is 14.5 Å². The summed E-state index contributed by atoms with van der Waals surface area (Å²) in [6.07, 6.45) is 5.96. The predicted molar refractivity (Wildman–Crippen MR) is 62.8 cm³/mol. The summed E-state index contributed by atoms with van der Waals surface area (Å²) in [6.45, 7) is 2.08. The molecule has 4 nitrogen and oxygen atoms in total. The van der Waals surface area contributed by atoms with Crippen LogP contribution in [0.3, 0.4) is 0 Å². The molecule has 0 spiro atoms. The highest BCUT2D eigenvalue weighted by atomic mass is 19.1. The van der Waals surface area contributed by atoms with Crippen molar-refractivity contribution in [3.8, 4) is 12.3 Å². The first-order valence-electron chi connectivity index (χ1n) is 5.21. The van der Waals surface area contributed by atoms with E-state index in [2.05, 4.69) is 11.2 Å². The maximum atomic E-state index is 13.6. The molecule has 0 heterocycles. The Morgan fingerprint density at radius 2 is 2.35 bits per heavy atom. The largest absolute Gasteiger partial charge is 0.305 e. The summed E-state index contributed by atoms with van der Waals surface area (Å²) in [6, 6.07) is 3.93. The zero-order valence-electron chi connectivity index (χ0n) is 9.44. The standard InChI is InChI=1S/C12H13FN2O2/c1-3-10(4-2)14-8-9-6-5-7-11(12(9)13)15(16)17/h1,5-7,10,14H,4,8H2,2H3. The molecule has 0 saturated carbocycles. The summed E-state index contributed by atoms with van der Waals surface area (Å²) < 4.78 is 13.6. The van der Waals surface area contributed by atoms with Crippen molar-refractivity contribution in [2.24, 2.45) is 0 Å². The van der Waals surface area contributed by atoms with Crippen LogP contribution >= 0.6 is 0 Å². The first-order valence-corrected chi connectivity index (χ1v) is 5.21. The van der Waals surface area contributed by atoms with E-state index < -0.39 is 16.4 Å². The highest BCUT2D eigenvalue weighted by Crippen LogP contribution is 2.20. The highest BCUT2D eigenvalue weighted by molar-refractivity contribution is 5.36. The van der Waals surface area contributed by atoms with Crippen LogP contribution in [-0.2, 0) is 6.54 Å². The Bertz CT molecular complexity index is 454. The number of rotatable bonds is 5. The molecule has 17 heavy (non-hydrogen) atoms. The van der Waals surface area contributed by atoms with E-state index in [-0.39, 0.29) is 18.2 Å². The minimum atomic E-state index is -0.808. The van der Waals surface area contributed by atoms with Gasteiger partial charge in [0.15, 0.2) is 0 Å². The molecular formula is C12H13FN2O2. The summed E-state index contributed by atoms with van der Waals surface area (Å²) >= 11 is 0. The van der Waals surface area contributed by atoms with Crippen molar-refractivity contribution in [2.75, 3.05) is 0 Å². The second-order valence-corrected chi connectivity index (χ2v) is 3.52. The lowest BCUT2D eigenvalue weighted by molar-refractivity contribution is -0.387. The monoisotopic (exact) mass is 236 g/mol. The Hall–Kier alpha value is -1.93. The van der Waals surface area contributed by atoms with Crippen LogP contribution in [0.4, 0.5) is 10.1 Å². The van der Waals surface area contributed by atoms with E-state index in [0.29, 0.717) is 6.42 Å². The molecule has 0 radical (unpaired) electrons. The summed E-state index contributed by atoms with van der Waals surface area (Å²) in [5.74, 6) is 1.70. The van der Waals surface area contributed by atoms with E-state index >= 15 is 0 Å². The van der Waals surface area contributed by atoms with Gasteiger partial charge in [0.05, 0.1) is 11.0 Å².